The minimum Gasteiger partial charge on any atom is -0.481 e. The molecule has 7 heteroatoms. The summed E-state index contributed by atoms with van der Waals surface area (Å²) in [5, 5.41) is 14.2. The lowest BCUT2D eigenvalue weighted by Crippen LogP contribution is -2.28. The van der Waals surface area contributed by atoms with E-state index < -0.39 is 18.0 Å². The first-order valence-corrected chi connectivity index (χ1v) is 11.6. The summed E-state index contributed by atoms with van der Waals surface area (Å²) < 4.78 is 5.44. The first kappa shape index (κ1) is 23.4. The molecule has 0 spiro atoms. The predicted octanol–water partition coefficient (Wildman–Crippen LogP) is 3.54. The molecule has 1 fully saturated rings. The largest absolute Gasteiger partial charge is 0.481 e. The lowest BCUT2D eigenvalue weighted by molar-refractivity contribution is -0.138. The van der Waals surface area contributed by atoms with Crippen molar-refractivity contribution in [2.45, 2.75) is 31.6 Å². The molecular formula is C27H28N2O5. The minimum atomic E-state index is -0.774. The third kappa shape index (κ3) is 5.76. The van der Waals surface area contributed by atoms with Crippen LogP contribution < -0.4 is 10.6 Å². The number of fused-ring (bicyclic) bond motifs is 3. The lowest BCUT2D eigenvalue weighted by Gasteiger charge is -2.14. The zero-order chi connectivity index (χ0) is 23.9. The number of ether oxygens (including phenoxy) is 1. The van der Waals surface area contributed by atoms with Crippen LogP contribution in [-0.4, -0.2) is 42.8 Å². The number of hydrogen-bond donors (Lipinski definition) is 3. The zero-order valence-corrected chi connectivity index (χ0v) is 18.9. The maximum atomic E-state index is 12.1. The molecule has 0 saturated heterocycles. The molecule has 2 aromatic carbocycles. The van der Waals surface area contributed by atoms with Crippen molar-refractivity contribution < 1.29 is 24.2 Å². The lowest BCUT2D eigenvalue weighted by atomic mass is 9.98. The number of aliphatic carboxylic acids is 1. The predicted molar refractivity (Wildman–Crippen MR) is 127 cm³/mol. The van der Waals surface area contributed by atoms with E-state index in [1.54, 1.807) is 0 Å². The van der Waals surface area contributed by atoms with Crippen LogP contribution >= 0.6 is 0 Å². The van der Waals surface area contributed by atoms with E-state index in [9.17, 15) is 14.4 Å². The number of carbonyl (C=O) groups is 3. The number of carboxylic acid groups (broad SMARTS) is 1. The summed E-state index contributed by atoms with van der Waals surface area (Å²) in [4.78, 5) is 34.8. The average molecular weight is 461 g/mol. The second-order valence-electron chi connectivity index (χ2n) is 8.83. The number of rotatable bonds is 7. The van der Waals surface area contributed by atoms with Gasteiger partial charge in [0.2, 0.25) is 0 Å². The molecule has 3 N–H and O–H groups in total. The van der Waals surface area contributed by atoms with Crippen molar-refractivity contribution in [3.8, 4) is 23.0 Å². The van der Waals surface area contributed by atoms with Crippen molar-refractivity contribution >= 4 is 18.0 Å². The van der Waals surface area contributed by atoms with E-state index in [0.29, 0.717) is 6.54 Å². The van der Waals surface area contributed by atoms with Gasteiger partial charge in [-0.1, -0.05) is 54.5 Å². The molecule has 2 aromatic rings. The summed E-state index contributed by atoms with van der Waals surface area (Å²) in [7, 11) is 0. The Morgan fingerprint density at radius 1 is 0.941 bits per heavy atom. The Balaban J connectivity index is 1.17. The van der Waals surface area contributed by atoms with E-state index >= 15 is 0 Å². The molecular weight excluding hydrogens is 432 g/mol. The summed E-state index contributed by atoms with van der Waals surface area (Å²) >= 11 is 0. The number of benzene rings is 2. The number of carboxylic acids is 1. The number of nitrogens with one attached hydrogen (secondary N) is 2. The van der Waals surface area contributed by atoms with Crippen molar-refractivity contribution in [1.82, 2.24) is 10.6 Å². The fraction of sp³-hybridized carbons (Fsp3) is 0.370. The zero-order valence-electron chi connectivity index (χ0n) is 18.9. The summed E-state index contributed by atoms with van der Waals surface area (Å²) in [5.74, 6) is 4.38. The van der Waals surface area contributed by atoms with Gasteiger partial charge in [0, 0.05) is 18.9 Å². The van der Waals surface area contributed by atoms with Crippen molar-refractivity contribution in [3.63, 3.8) is 0 Å². The van der Waals surface area contributed by atoms with E-state index in [2.05, 4.69) is 46.7 Å². The summed E-state index contributed by atoms with van der Waals surface area (Å²) in [5.41, 5.74) is 4.62. The van der Waals surface area contributed by atoms with E-state index in [1.807, 2.05) is 24.3 Å². The number of alkyl carbamates (subject to hydrolysis) is 1. The third-order valence-electron chi connectivity index (χ3n) is 6.53. The SMILES string of the molecule is O=C(O)CC1CCC(CNC(=O)C#CCNC(=O)OCC2c3ccccc3-c3ccccc32)C1. The molecule has 2 amide bonds. The molecule has 0 heterocycles. The van der Waals surface area contributed by atoms with E-state index in [-0.39, 0.29) is 37.3 Å². The Hall–Kier alpha value is -3.79. The fourth-order valence-electron chi connectivity index (χ4n) is 4.97. The van der Waals surface area contributed by atoms with Crippen LogP contribution in [0.3, 0.4) is 0 Å². The van der Waals surface area contributed by atoms with Crippen LogP contribution in [0.2, 0.25) is 0 Å². The van der Waals surface area contributed by atoms with Crippen LogP contribution in [0.25, 0.3) is 11.1 Å². The van der Waals surface area contributed by atoms with Crippen LogP contribution in [0, 0.1) is 23.7 Å². The van der Waals surface area contributed by atoms with Gasteiger partial charge in [-0.3, -0.25) is 9.59 Å². The highest BCUT2D eigenvalue weighted by atomic mass is 16.5. The molecule has 0 aromatic heterocycles. The Morgan fingerprint density at radius 3 is 2.26 bits per heavy atom. The van der Waals surface area contributed by atoms with Crippen molar-refractivity contribution in [2.75, 3.05) is 19.7 Å². The van der Waals surface area contributed by atoms with Gasteiger partial charge >= 0.3 is 12.1 Å². The molecule has 2 atom stereocenters. The van der Waals surface area contributed by atoms with Crippen molar-refractivity contribution in [3.05, 3.63) is 59.7 Å². The van der Waals surface area contributed by atoms with E-state index in [0.717, 1.165) is 30.4 Å². The van der Waals surface area contributed by atoms with Crippen molar-refractivity contribution in [1.29, 1.82) is 0 Å². The normalized spacial score (nSPS) is 18.2. The first-order valence-electron chi connectivity index (χ1n) is 11.6. The molecule has 2 aliphatic rings. The standard InChI is InChI=1S/C27H28N2O5/c30-25(29-16-19-12-11-18(14-19)15-26(31)32)10-5-13-28-27(33)34-17-24-22-8-3-1-6-20(22)21-7-2-4-9-23(21)24/h1-4,6-9,18-19,24H,11-17H2,(H,28,33)(H,29,30)(H,31,32). The van der Waals surface area contributed by atoms with Gasteiger partial charge in [-0.25, -0.2) is 4.79 Å². The number of hydrogen-bond acceptors (Lipinski definition) is 4. The quantitative estimate of drug-likeness (QED) is 0.549. The van der Waals surface area contributed by atoms with Crippen LogP contribution in [-0.2, 0) is 14.3 Å². The van der Waals surface area contributed by atoms with Crippen LogP contribution in [0.1, 0.15) is 42.7 Å². The molecule has 0 bridgehead atoms. The molecule has 1 saturated carbocycles. The average Bonchev–Trinajstić information content (AvgIpc) is 3.41. The Bertz CT molecular complexity index is 1090. The fourth-order valence-corrected chi connectivity index (χ4v) is 4.97. The monoisotopic (exact) mass is 460 g/mol. The highest BCUT2D eigenvalue weighted by Gasteiger charge is 2.29. The molecule has 2 unspecified atom stereocenters. The number of amides is 2. The Kier molecular flexibility index (Phi) is 7.48. The topological polar surface area (TPSA) is 105 Å². The van der Waals surface area contributed by atoms with Gasteiger partial charge in [-0.15, -0.1) is 0 Å². The van der Waals surface area contributed by atoms with E-state index in [4.69, 9.17) is 9.84 Å². The summed E-state index contributed by atoms with van der Waals surface area (Å²) in [6.45, 7) is 0.718. The summed E-state index contributed by atoms with van der Waals surface area (Å²) in [6.07, 6.45) is 2.21. The second-order valence-corrected chi connectivity index (χ2v) is 8.83. The third-order valence-corrected chi connectivity index (χ3v) is 6.53. The molecule has 4 rings (SSSR count). The smallest absolute Gasteiger partial charge is 0.407 e. The maximum Gasteiger partial charge on any atom is 0.407 e. The second kappa shape index (κ2) is 10.9. The van der Waals surface area contributed by atoms with Crippen LogP contribution in [0.4, 0.5) is 4.79 Å². The summed E-state index contributed by atoms with van der Waals surface area (Å²) in [6, 6.07) is 16.3. The highest BCUT2D eigenvalue weighted by Crippen LogP contribution is 2.44. The minimum absolute atomic E-state index is 0.00814. The van der Waals surface area contributed by atoms with Gasteiger partial charge in [0.15, 0.2) is 0 Å². The van der Waals surface area contributed by atoms with Gasteiger partial charge in [-0.05, 0) is 59.3 Å². The van der Waals surface area contributed by atoms with Crippen LogP contribution in [0.5, 0.6) is 0 Å². The van der Waals surface area contributed by atoms with Gasteiger partial charge in [0.1, 0.15) is 6.61 Å². The molecule has 7 nitrogen and oxygen atoms in total. The van der Waals surface area contributed by atoms with Gasteiger partial charge in [0.05, 0.1) is 6.54 Å². The van der Waals surface area contributed by atoms with Crippen molar-refractivity contribution in [2.24, 2.45) is 11.8 Å². The van der Waals surface area contributed by atoms with Crippen LogP contribution in [0.15, 0.2) is 48.5 Å². The molecule has 0 aliphatic heterocycles. The molecule has 2 aliphatic carbocycles. The van der Waals surface area contributed by atoms with Gasteiger partial charge in [0.25, 0.3) is 5.91 Å². The first-order chi connectivity index (χ1) is 16.5. The molecule has 0 radical (unpaired) electrons. The molecule has 34 heavy (non-hydrogen) atoms. The number of carbonyl (C=O) groups excluding carboxylic acids is 2. The van der Waals surface area contributed by atoms with Gasteiger partial charge < -0.3 is 20.5 Å². The van der Waals surface area contributed by atoms with E-state index in [1.165, 1.54) is 11.1 Å². The Labute approximate surface area is 198 Å². The molecule has 176 valence electrons. The highest BCUT2D eigenvalue weighted by molar-refractivity contribution is 5.93. The Morgan fingerprint density at radius 2 is 1.59 bits per heavy atom. The van der Waals surface area contributed by atoms with Gasteiger partial charge in [-0.2, -0.15) is 0 Å². The maximum absolute atomic E-state index is 12.1.